The molecule has 0 amide bonds. The predicted molar refractivity (Wildman–Crippen MR) is 109 cm³/mol. The molecule has 2 aliphatic rings. The van der Waals surface area contributed by atoms with E-state index in [0.29, 0.717) is 5.56 Å². The van der Waals surface area contributed by atoms with Crippen LogP contribution in [0.2, 0.25) is 0 Å². The Hall–Kier alpha value is -2.44. The Morgan fingerprint density at radius 2 is 1.93 bits per heavy atom. The van der Waals surface area contributed by atoms with Crippen molar-refractivity contribution in [2.75, 3.05) is 0 Å². The van der Waals surface area contributed by atoms with Gasteiger partial charge in [0.1, 0.15) is 5.75 Å². The van der Waals surface area contributed by atoms with Crippen LogP contribution in [0.15, 0.2) is 75.6 Å². The lowest BCUT2D eigenvalue weighted by Gasteiger charge is -2.37. The number of ketones is 1. The fourth-order valence-electron chi connectivity index (χ4n) is 3.56. The van der Waals surface area contributed by atoms with E-state index < -0.39 is 6.23 Å². The van der Waals surface area contributed by atoms with Crippen molar-refractivity contribution in [2.24, 2.45) is 5.10 Å². The molecular weight excluding hydrogens is 424 g/mol. The van der Waals surface area contributed by atoms with Crippen molar-refractivity contribution in [1.29, 1.82) is 0 Å². The monoisotopic (exact) mass is 438 g/mol. The molecule has 134 valence electrons. The first kappa shape index (κ1) is 16.7. The van der Waals surface area contributed by atoms with E-state index in [9.17, 15) is 4.79 Å². The molecule has 6 heteroatoms. The van der Waals surface area contributed by atoms with Gasteiger partial charge in [-0.2, -0.15) is 5.10 Å². The van der Waals surface area contributed by atoms with Gasteiger partial charge in [0.15, 0.2) is 0 Å². The lowest BCUT2D eigenvalue weighted by atomic mass is 9.97. The number of carbonyl (C=O) groups excluding carboxylic acids is 1. The van der Waals surface area contributed by atoms with Crippen LogP contribution in [0.1, 0.15) is 33.3 Å². The smallest absolute Gasteiger partial charge is 0.251 e. The van der Waals surface area contributed by atoms with Crippen molar-refractivity contribution in [3.05, 3.63) is 86.5 Å². The van der Waals surface area contributed by atoms with Crippen LogP contribution in [0.25, 0.3) is 0 Å². The summed E-state index contributed by atoms with van der Waals surface area (Å²) in [5.41, 5.74) is 2.69. The lowest BCUT2D eigenvalue weighted by molar-refractivity contribution is -0.00455. The van der Waals surface area contributed by atoms with Gasteiger partial charge in [-0.05, 0) is 29.6 Å². The number of rotatable bonds is 3. The van der Waals surface area contributed by atoms with Crippen LogP contribution < -0.4 is 4.74 Å². The maximum atomic E-state index is 13.2. The summed E-state index contributed by atoms with van der Waals surface area (Å²) >= 11 is 5.08. The van der Waals surface area contributed by atoms with Crippen LogP contribution in [0.4, 0.5) is 0 Å². The van der Waals surface area contributed by atoms with E-state index >= 15 is 0 Å². The molecular formula is C21H15BrN2O2S. The first-order chi connectivity index (χ1) is 13.2. The van der Waals surface area contributed by atoms with E-state index in [4.69, 9.17) is 9.84 Å². The van der Waals surface area contributed by atoms with Gasteiger partial charge < -0.3 is 4.74 Å². The average Bonchev–Trinajstić information content (AvgIpc) is 3.37. The highest BCUT2D eigenvalue weighted by Crippen LogP contribution is 2.43. The Labute approximate surface area is 169 Å². The summed E-state index contributed by atoms with van der Waals surface area (Å²) < 4.78 is 7.06. The van der Waals surface area contributed by atoms with Crippen molar-refractivity contribution in [2.45, 2.75) is 18.7 Å². The van der Waals surface area contributed by atoms with Crippen LogP contribution in [0.3, 0.4) is 0 Å². The molecule has 1 aromatic heterocycles. The number of benzene rings is 2. The number of ether oxygens (including phenoxy) is 1. The molecule has 0 aliphatic carbocycles. The Balaban J connectivity index is 1.56. The van der Waals surface area contributed by atoms with Crippen molar-refractivity contribution in [3.8, 4) is 5.75 Å². The molecule has 2 aromatic carbocycles. The molecule has 4 nitrogen and oxygen atoms in total. The van der Waals surface area contributed by atoms with Crippen LogP contribution >= 0.6 is 27.3 Å². The van der Waals surface area contributed by atoms with Gasteiger partial charge in [-0.15, -0.1) is 11.3 Å². The SMILES string of the molecule is O=C(c1ccc(Br)cc1)[C@H]1Oc2ccccc2[C@@H]2CC(c3cccs3)=NN12. The second kappa shape index (κ2) is 6.62. The third-order valence-corrected chi connectivity index (χ3v) is 6.31. The molecule has 0 radical (unpaired) electrons. The maximum absolute atomic E-state index is 13.2. The van der Waals surface area contributed by atoms with Crippen LogP contribution in [-0.2, 0) is 0 Å². The minimum absolute atomic E-state index is 0.0106. The zero-order chi connectivity index (χ0) is 18.4. The Morgan fingerprint density at radius 1 is 1.11 bits per heavy atom. The van der Waals surface area contributed by atoms with Crippen molar-refractivity contribution < 1.29 is 9.53 Å². The van der Waals surface area contributed by atoms with Crippen LogP contribution in [0.5, 0.6) is 5.75 Å². The molecule has 3 aromatic rings. The third-order valence-electron chi connectivity index (χ3n) is 4.86. The van der Waals surface area contributed by atoms with Gasteiger partial charge in [0.25, 0.3) is 6.23 Å². The zero-order valence-electron chi connectivity index (χ0n) is 14.2. The summed E-state index contributed by atoms with van der Waals surface area (Å²) in [5.74, 6) is 0.676. The van der Waals surface area contributed by atoms with Gasteiger partial charge in [0.2, 0.25) is 5.78 Å². The predicted octanol–water partition coefficient (Wildman–Crippen LogP) is 5.26. The quantitative estimate of drug-likeness (QED) is 0.523. The highest BCUT2D eigenvalue weighted by atomic mass is 79.9. The molecule has 5 rings (SSSR count). The van der Waals surface area contributed by atoms with Crippen LogP contribution in [0, 0.1) is 0 Å². The summed E-state index contributed by atoms with van der Waals surface area (Å²) in [6, 6.07) is 19.4. The Morgan fingerprint density at radius 3 is 2.70 bits per heavy atom. The molecule has 27 heavy (non-hydrogen) atoms. The molecule has 0 bridgehead atoms. The van der Waals surface area contributed by atoms with E-state index in [0.717, 1.165) is 32.8 Å². The van der Waals surface area contributed by atoms with E-state index in [1.807, 2.05) is 58.9 Å². The number of hydrogen-bond donors (Lipinski definition) is 0. The number of halogens is 1. The molecule has 3 heterocycles. The molecule has 0 N–H and O–H groups in total. The highest BCUT2D eigenvalue weighted by Gasteiger charge is 2.43. The van der Waals surface area contributed by atoms with Crippen molar-refractivity contribution in [3.63, 3.8) is 0 Å². The fourth-order valence-corrected chi connectivity index (χ4v) is 4.54. The van der Waals surface area contributed by atoms with Crippen molar-refractivity contribution >= 4 is 38.8 Å². The topological polar surface area (TPSA) is 41.9 Å². The number of hydrogen-bond acceptors (Lipinski definition) is 5. The molecule has 2 aliphatic heterocycles. The summed E-state index contributed by atoms with van der Waals surface area (Å²) in [6.07, 6.45) is 0.00824. The van der Waals surface area contributed by atoms with E-state index in [2.05, 4.69) is 28.1 Å². The van der Waals surface area contributed by atoms with Crippen LogP contribution in [-0.4, -0.2) is 22.7 Å². The van der Waals surface area contributed by atoms with E-state index in [-0.39, 0.29) is 11.8 Å². The summed E-state index contributed by atoms with van der Waals surface area (Å²) in [4.78, 5) is 14.3. The number of para-hydroxylation sites is 1. The number of Topliss-reactive ketones (excluding diaryl/α,β-unsaturated/α-hetero) is 1. The molecule has 0 saturated heterocycles. The number of fused-ring (bicyclic) bond motifs is 3. The molecule has 0 unspecified atom stereocenters. The molecule has 0 saturated carbocycles. The van der Waals surface area contributed by atoms with E-state index in [1.54, 1.807) is 11.3 Å². The molecule has 0 spiro atoms. The Bertz CT molecular complexity index is 1030. The highest BCUT2D eigenvalue weighted by molar-refractivity contribution is 9.10. The number of carbonyl (C=O) groups is 1. The minimum Gasteiger partial charge on any atom is -0.461 e. The molecule has 2 atom stereocenters. The first-order valence-corrected chi connectivity index (χ1v) is 10.3. The zero-order valence-corrected chi connectivity index (χ0v) is 16.6. The van der Waals surface area contributed by atoms with Gasteiger partial charge in [-0.1, -0.05) is 52.3 Å². The van der Waals surface area contributed by atoms with Gasteiger partial charge >= 0.3 is 0 Å². The second-order valence-corrected chi connectivity index (χ2v) is 8.37. The van der Waals surface area contributed by atoms with E-state index in [1.165, 1.54) is 0 Å². The fraction of sp³-hybridized carbons (Fsp3) is 0.143. The Kier molecular flexibility index (Phi) is 4.10. The number of hydrazone groups is 1. The number of thiophene rings is 1. The maximum Gasteiger partial charge on any atom is 0.251 e. The largest absolute Gasteiger partial charge is 0.461 e. The van der Waals surface area contributed by atoms with Gasteiger partial charge in [0.05, 0.1) is 16.6 Å². The van der Waals surface area contributed by atoms with Gasteiger partial charge in [-0.25, -0.2) is 5.01 Å². The summed E-state index contributed by atoms with van der Waals surface area (Å²) in [6.45, 7) is 0. The standard InChI is InChI=1S/C21H15BrN2O2S/c22-14-9-7-13(8-10-14)20(25)21-24-17(15-4-1-2-5-18(15)26-21)12-16(23-24)19-6-3-11-27-19/h1-11,17,21H,12H2/t17-,21+/m0/s1. The minimum atomic E-state index is -0.761. The first-order valence-electron chi connectivity index (χ1n) is 8.66. The summed E-state index contributed by atoms with van der Waals surface area (Å²) in [5, 5.41) is 8.68. The average molecular weight is 439 g/mol. The third kappa shape index (κ3) is 2.89. The van der Waals surface area contributed by atoms with Crippen molar-refractivity contribution in [1.82, 2.24) is 5.01 Å². The second-order valence-electron chi connectivity index (χ2n) is 6.50. The lowest BCUT2D eigenvalue weighted by Crippen LogP contribution is -2.45. The number of nitrogens with zero attached hydrogens (tertiary/aromatic N) is 2. The van der Waals surface area contributed by atoms with Gasteiger partial charge in [0, 0.05) is 22.0 Å². The normalized spacial score (nSPS) is 20.5. The molecule has 0 fully saturated rings. The van der Waals surface area contributed by atoms with Gasteiger partial charge in [-0.3, -0.25) is 4.79 Å². The summed E-state index contributed by atoms with van der Waals surface area (Å²) in [7, 11) is 0.